The molecule has 0 amide bonds. The zero-order chi connectivity index (χ0) is 27.8. The van der Waals surface area contributed by atoms with E-state index in [1.165, 1.54) is 128 Å². The predicted octanol–water partition coefficient (Wildman–Crippen LogP) is 11.1. The third-order valence-corrected chi connectivity index (χ3v) is 7.44. The van der Waals surface area contributed by atoms with Crippen molar-refractivity contribution in [1.82, 2.24) is 0 Å². The van der Waals surface area contributed by atoms with Gasteiger partial charge in [0.2, 0.25) is 0 Å². The third-order valence-electron chi connectivity index (χ3n) is 7.44. The molecule has 0 aliphatic carbocycles. The van der Waals surface area contributed by atoms with E-state index >= 15 is 0 Å². The van der Waals surface area contributed by atoms with Gasteiger partial charge in [-0.3, -0.25) is 9.59 Å². The van der Waals surface area contributed by atoms with Gasteiger partial charge in [-0.2, -0.15) is 0 Å². The molecular weight excluding hydrogens is 472 g/mol. The normalized spacial score (nSPS) is 11.4. The second-order valence-corrected chi connectivity index (χ2v) is 11.3. The Morgan fingerprint density at radius 1 is 0.500 bits per heavy atom. The van der Waals surface area contributed by atoms with Gasteiger partial charge in [0.05, 0.1) is 6.61 Å². The van der Waals surface area contributed by atoms with Gasteiger partial charge in [-0.25, -0.2) is 0 Å². The molecule has 0 aromatic heterocycles. The topological polar surface area (TPSA) is 63.6 Å². The molecule has 4 heteroatoms. The summed E-state index contributed by atoms with van der Waals surface area (Å²) in [6, 6.07) is 0. The van der Waals surface area contributed by atoms with Crippen LogP contribution in [-0.2, 0) is 14.3 Å². The Bertz CT molecular complexity index is 529. The largest absolute Gasteiger partial charge is 0.481 e. The maximum Gasteiger partial charge on any atom is 0.305 e. The van der Waals surface area contributed by atoms with Gasteiger partial charge in [0.25, 0.3) is 0 Å². The van der Waals surface area contributed by atoms with Crippen molar-refractivity contribution in [3.63, 3.8) is 0 Å². The first-order valence-corrected chi connectivity index (χ1v) is 16.7. The Labute approximate surface area is 236 Å². The molecule has 0 aromatic rings. The Morgan fingerprint density at radius 2 is 0.868 bits per heavy atom. The lowest BCUT2D eigenvalue weighted by Crippen LogP contribution is -2.05. The standard InChI is InChI=1S/C34H64O4/c1-2-3-4-5-6-7-8-9-10-11-12-16-19-22-25-28-31-34(37)38-32-29-26-23-20-17-14-13-15-18-21-24-27-30-33(35)36/h9-10H,2-8,11-32H2,1H3,(H,35,36)/b10-9-. The summed E-state index contributed by atoms with van der Waals surface area (Å²) < 4.78 is 5.40. The minimum Gasteiger partial charge on any atom is -0.481 e. The predicted molar refractivity (Wildman–Crippen MR) is 163 cm³/mol. The van der Waals surface area contributed by atoms with Gasteiger partial charge in [0.15, 0.2) is 0 Å². The first-order chi connectivity index (χ1) is 18.7. The molecule has 0 rings (SSSR count). The quantitative estimate of drug-likeness (QED) is 0.0543. The van der Waals surface area contributed by atoms with Gasteiger partial charge in [-0.1, -0.05) is 141 Å². The molecule has 0 saturated carbocycles. The maximum absolute atomic E-state index is 11.9. The minimum atomic E-state index is -0.674. The Morgan fingerprint density at radius 3 is 1.32 bits per heavy atom. The summed E-state index contributed by atoms with van der Waals surface area (Å²) in [5.74, 6) is -0.685. The summed E-state index contributed by atoms with van der Waals surface area (Å²) in [6.07, 6.45) is 37.8. The highest BCUT2D eigenvalue weighted by Gasteiger charge is 2.02. The lowest BCUT2D eigenvalue weighted by Gasteiger charge is -2.05. The molecule has 1 N–H and O–H groups in total. The van der Waals surface area contributed by atoms with Gasteiger partial charge >= 0.3 is 11.9 Å². The Balaban J connectivity index is 3.20. The lowest BCUT2D eigenvalue weighted by molar-refractivity contribution is -0.144. The number of hydrogen-bond donors (Lipinski definition) is 1. The molecule has 0 aliphatic heterocycles. The number of rotatable bonds is 31. The van der Waals surface area contributed by atoms with Crippen LogP contribution in [0.4, 0.5) is 0 Å². The van der Waals surface area contributed by atoms with Crippen LogP contribution in [0.3, 0.4) is 0 Å². The lowest BCUT2D eigenvalue weighted by atomic mass is 10.0. The highest BCUT2D eigenvalue weighted by atomic mass is 16.5. The van der Waals surface area contributed by atoms with Gasteiger partial charge in [0.1, 0.15) is 0 Å². The van der Waals surface area contributed by atoms with Crippen molar-refractivity contribution < 1.29 is 19.4 Å². The number of hydrogen-bond acceptors (Lipinski definition) is 3. The molecule has 0 spiro atoms. The highest BCUT2D eigenvalue weighted by Crippen LogP contribution is 2.13. The van der Waals surface area contributed by atoms with Crippen LogP contribution in [0.25, 0.3) is 0 Å². The number of carboxylic acid groups (broad SMARTS) is 1. The smallest absolute Gasteiger partial charge is 0.305 e. The molecule has 0 saturated heterocycles. The number of ether oxygens (including phenoxy) is 1. The van der Waals surface area contributed by atoms with Crippen molar-refractivity contribution in [1.29, 1.82) is 0 Å². The van der Waals surface area contributed by atoms with Crippen molar-refractivity contribution >= 4 is 11.9 Å². The summed E-state index contributed by atoms with van der Waals surface area (Å²) in [5, 5.41) is 8.61. The van der Waals surface area contributed by atoms with E-state index in [1.807, 2.05) is 0 Å². The molecule has 0 unspecified atom stereocenters. The van der Waals surface area contributed by atoms with Crippen LogP contribution in [0.5, 0.6) is 0 Å². The van der Waals surface area contributed by atoms with Gasteiger partial charge < -0.3 is 9.84 Å². The van der Waals surface area contributed by atoms with E-state index in [9.17, 15) is 9.59 Å². The number of allylic oxidation sites excluding steroid dienone is 2. The molecule has 0 heterocycles. The third kappa shape index (κ3) is 32.7. The fourth-order valence-electron chi connectivity index (χ4n) is 4.92. The van der Waals surface area contributed by atoms with Crippen LogP contribution in [0.1, 0.15) is 187 Å². The summed E-state index contributed by atoms with van der Waals surface area (Å²) >= 11 is 0. The Kier molecular flexibility index (Phi) is 30.8. The summed E-state index contributed by atoms with van der Waals surface area (Å²) in [5.41, 5.74) is 0. The second-order valence-electron chi connectivity index (χ2n) is 11.3. The van der Waals surface area contributed by atoms with Crippen LogP contribution >= 0.6 is 0 Å². The maximum atomic E-state index is 11.9. The summed E-state index contributed by atoms with van der Waals surface area (Å²) in [4.78, 5) is 22.3. The van der Waals surface area contributed by atoms with E-state index in [4.69, 9.17) is 9.84 Å². The van der Waals surface area contributed by atoms with Crippen LogP contribution < -0.4 is 0 Å². The van der Waals surface area contributed by atoms with Crippen molar-refractivity contribution in [2.45, 2.75) is 187 Å². The number of carbonyl (C=O) groups is 2. The molecule has 0 atom stereocenters. The average Bonchev–Trinajstić information content (AvgIpc) is 2.90. The van der Waals surface area contributed by atoms with E-state index in [1.54, 1.807) is 0 Å². The zero-order valence-electron chi connectivity index (χ0n) is 25.3. The first kappa shape index (κ1) is 36.7. The Hall–Kier alpha value is -1.32. The molecule has 38 heavy (non-hydrogen) atoms. The molecule has 0 radical (unpaired) electrons. The van der Waals surface area contributed by atoms with Gasteiger partial charge in [-0.15, -0.1) is 0 Å². The van der Waals surface area contributed by atoms with Gasteiger partial charge in [0, 0.05) is 12.8 Å². The SMILES string of the molecule is CCCCCCCC/C=C\CCCCCCCCC(=O)OCCCCCCCCCCCCCCC(=O)O. The molecule has 0 bridgehead atoms. The molecular formula is C34H64O4. The molecule has 0 aromatic carbocycles. The number of carbonyl (C=O) groups excluding carboxylic acids is 1. The zero-order valence-corrected chi connectivity index (χ0v) is 25.3. The van der Waals surface area contributed by atoms with Crippen molar-refractivity contribution in [2.75, 3.05) is 6.61 Å². The van der Waals surface area contributed by atoms with Crippen molar-refractivity contribution in [3.8, 4) is 0 Å². The number of unbranched alkanes of at least 4 members (excludes halogenated alkanes) is 23. The number of esters is 1. The van der Waals surface area contributed by atoms with Crippen molar-refractivity contribution in [2.24, 2.45) is 0 Å². The van der Waals surface area contributed by atoms with Crippen molar-refractivity contribution in [3.05, 3.63) is 12.2 Å². The molecule has 0 aliphatic rings. The van der Waals surface area contributed by atoms with E-state index in [-0.39, 0.29) is 5.97 Å². The molecule has 4 nitrogen and oxygen atoms in total. The second kappa shape index (κ2) is 31.9. The average molecular weight is 537 g/mol. The summed E-state index contributed by atoms with van der Waals surface area (Å²) in [6.45, 7) is 2.86. The number of aliphatic carboxylic acids is 1. The van der Waals surface area contributed by atoms with Crippen LogP contribution in [0.2, 0.25) is 0 Å². The van der Waals surface area contributed by atoms with E-state index in [2.05, 4.69) is 19.1 Å². The van der Waals surface area contributed by atoms with Crippen LogP contribution in [0.15, 0.2) is 12.2 Å². The van der Waals surface area contributed by atoms with Crippen LogP contribution in [0, 0.1) is 0 Å². The van der Waals surface area contributed by atoms with E-state index in [0.29, 0.717) is 19.4 Å². The highest BCUT2D eigenvalue weighted by molar-refractivity contribution is 5.69. The number of carboxylic acids is 1. The first-order valence-electron chi connectivity index (χ1n) is 16.7. The fourth-order valence-corrected chi connectivity index (χ4v) is 4.92. The van der Waals surface area contributed by atoms with E-state index in [0.717, 1.165) is 38.5 Å². The monoisotopic (exact) mass is 536 g/mol. The minimum absolute atomic E-state index is 0.0107. The van der Waals surface area contributed by atoms with Gasteiger partial charge in [-0.05, 0) is 44.9 Å². The molecule has 0 fully saturated rings. The summed E-state index contributed by atoms with van der Waals surface area (Å²) in [7, 11) is 0. The molecule has 224 valence electrons. The van der Waals surface area contributed by atoms with E-state index < -0.39 is 5.97 Å². The van der Waals surface area contributed by atoms with Crippen LogP contribution in [-0.4, -0.2) is 23.7 Å². The fraction of sp³-hybridized carbons (Fsp3) is 0.882.